The molecule has 1 saturated carbocycles. The van der Waals surface area contributed by atoms with Gasteiger partial charge < -0.3 is 15.5 Å². The van der Waals surface area contributed by atoms with Crippen LogP contribution in [0.5, 0.6) is 0 Å². The van der Waals surface area contributed by atoms with Crippen LogP contribution in [0.2, 0.25) is 0 Å². The molecule has 2 amide bonds. The normalized spacial score (nSPS) is 20.3. The zero-order valence-electron chi connectivity index (χ0n) is 19.5. The molecule has 0 saturated heterocycles. The van der Waals surface area contributed by atoms with Crippen molar-refractivity contribution < 1.29 is 4.79 Å². The van der Waals surface area contributed by atoms with Gasteiger partial charge in [0.1, 0.15) is 11.6 Å². The molecule has 0 spiro atoms. The molecule has 1 aliphatic carbocycles. The number of nitrogens with one attached hydrogen (secondary N) is 3. The Morgan fingerprint density at radius 2 is 1.82 bits per heavy atom. The number of anilines is 2. The van der Waals surface area contributed by atoms with Gasteiger partial charge in [0.25, 0.3) is 0 Å². The third-order valence-corrected chi connectivity index (χ3v) is 6.99. The van der Waals surface area contributed by atoms with Gasteiger partial charge in [0, 0.05) is 22.9 Å². The molecule has 8 nitrogen and oxygen atoms in total. The summed E-state index contributed by atoms with van der Waals surface area (Å²) in [6, 6.07) is 18.4. The van der Waals surface area contributed by atoms with Crippen molar-refractivity contribution in [2.24, 2.45) is 0 Å². The number of amides is 2. The number of hydrogen-bond acceptors (Lipinski definition) is 5. The number of aryl methyl sites for hydroxylation is 1. The summed E-state index contributed by atoms with van der Waals surface area (Å²) in [6.45, 7) is 6.44. The second-order valence-electron chi connectivity index (χ2n) is 9.64. The summed E-state index contributed by atoms with van der Waals surface area (Å²) < 4.78 is 0. The maximum Gasteiger partial charge on any atom is 0.318 e. The van der Waals surface area contributed by atoms with Crippen LogP contribution in [0.4, 0.5) is 16.4 Å². The van der Waals surface area contributed by atoms with E-state index in [0.717, 1.165) is 28.6 Å². The number of hydrogen-bond donors (Lipinski definition) is 3. The summed E-state index contributed by atoms with van der Waals surface area (Å²) in [5.41, 5.74) is 3.57. The second-order valence-corrected chi connectivity index (χ2v) is 9.64. The predicted molar refractivity (Wildman–Crippen MR) is 131 cm³/mol. The average Bonchev–Trinajstić information content (AvgIpc) is 3.38. The van der Waals surface area contributed by atoms with E-state index in [4.69, 9.17) is 0 Å². The van der Waals surface area contributed by atoms with Gasteiger partial charge in [0.05, 0.1) is 23.3 Å². The minimum atomic E-state index is -0.507. The highest BCUT2D eigenvalue weighted by molar-refractivity contribution is 5.91. The van der Waals surface area contributed by atoms with Crippen molar-refractivity contribution in [2.75, 3.05) is 5.32 Å². The Kier molecular flexibility index (Phi) is 4.58. The maximum absolute atomic E-state index is 13.3. The first-order valence-corrected chi connectivity index (χ1v) is 11.6. The van der Waals surface area contributed by atoms with E-state index in [0.29, 0.717) is 29.9 Å². The van der Waals surface area contributed by atoms with E-state index < -0.39 is 5.54 Å². The highest BCUT2D eigenvalue weighted by Gasteiger charge is 2.46. The highest BCUT2D eigenvalue weighted by Crippen LogP contribution is 2.44. The van der Waals surface area contributed by atoms with Gasteiger partial charge in [-0.2, -0.15) is 5.10 Å². The summed E-state index contributed by atoms with van der Waals surface area (Å²) in [4.78, 5) is 24.3. The molecule has 2 aliphatic rings. The topological polar surface area (TPSA) is 98.8 Å². The summed E-state index contributed by atoms with van der Waals surface area (Å²) in [7, 11) is 0. The molecular weight excluding hydrogens is 426 g/mol. The summed E-state index contributed by atoms with van der Waals surface area (Å²) >= 11 is 0. The smallest absolute Gasteiger partial charge is 0.318 e. The molecule has 2 aromatic heterocycles. The van der Waals surface area contributed by atoms with E-state index in [1.807, 2.05) is 68.1 Å². The van der Waals surface area contributed by atoms with Crippen LogP contribution in [-0.4, -0.2) is 37.1 Å². The Morgan fingerprint density at radius 3 is 2.65 bits per heavy atom. The van der Waals surface area contributed by atoms with E-state index in [1.54, 1.807) is 0 Å². The first-order chi connectivity index (χ1) is 16.4. The number of H-pyrrole nitrogens is 1. The van der Waals surface area contributed by atoms with Crippen molar-refractivity contribution in [3.05, 3.63) is 77.2 Å². The molecule has 1 fully saturated rings. The van der Waals surface area contributed by atoms with Crippen LogP contribution in [0.1, 0.15) is 48.8 Å². The van der Waals surface area contributed by atoms with Crippen LogP contribution in [0.15, 0.2) is 54.6 Å². The molecule has 34 heavy (non-hydrogen) atoms. The van der Waals surface area contributed by atoms with Crippen LogP contribution >= 0.6 is 0 Å². The number of urea groups is 1. The van der Waals surface area contributed by atoms with Gasteiger partial charge >= 0.3 is 6.03 Å². The van der Waals surface area contributed by atoms with Gasteiger partial charge in [0.15, 0.2) is 5.82 Å². The molecule has 3 N–H and O–H groups in total. The highest BCUT2D eigenvalue weighted by atomic mass is 16.2. The van der Waals surface area contributed by atoms with Gasteiger partial charge in [-0.05, 0) is 44.9 Å². The van der Waals surface area contributed by atoms with E-state index in [1.165, 1.54) is 5.56 Å². The lowest BCUT2D eigenvalue weighted by Crippen LogP contribution is -2.47. The molecule has 0 radical (unpaired) electrons. The van der Waals surface area contributed by atoms with Crippen LogP contribution < -0.4 is 10.6 Å². The lowest BCUT2D eigenvalue weighted by molar-refractivity contribution is 0.142. The number of nitrogens with zero attached hydrogens (tertiary/aromatic N) is 4. The van der Waals surface area contributed by atoms with Gasteiger partial charge in [-0.25, -0.2) is 14.8 Å². The fourth-order valence-corrected chi connectivity index (χ4v) is 5.00. The number of carbonyl (C=O) groups excluding carboxylic acids is 1. The summed E-state index contributed by atoms with van der Waals surface area (Å²) in [6.07, 6.45) is 0.976. The maximum atomic E-state index is 13.3. The van der Waals surface area contributed by atoms with Gasteiger partial charge in [-0.1, -0.05) is 42.5 Å². The Balaban J connectivity index is 1.22. The lowest BCUT2D eigenvalue weighted by Gasteiger charge is -2.32. The Labute approximate surface area is 197 Å². The number of carbonyl (C=O) groups is 1. The first kappa shape index (κ1) is 20.7. The van der Waals surface area contributed by atoms with Crippen molar-refractivity contribution in [3.8, 4) is 0 Å². The Bertz CT molecular complexity index is 1400. The summed E-state index contributed by atoms with van der Waals surface area (Å²) in [5.74, 6) is 2.48. The fraction of sp³-hybridized carbons (Fsp3) is 0.308. The van der Waals surface area contributed by atoms with Crippen molar-refractivity contribution in [2.45, 2.75) is 51.2 Å². The first-order valence-electron chi connectivity index (χ1n) is 11.6. The molecule has 1 aliphatic heterocycles. The Morgan fingerprint density at radius 1 is 1.06 bits per heavy atom. The summed E-state index contributed by atoms with van der Waals surface area (Å²) in [5, 5.41) is 15.3. The third-order valence-electron chi connectivity index (χ3n) is 6.99. The van der Waals surface area contributed by atoms with Gasteiger partial charge in [-0.3, -0.25) is 5.10 Å². The second kappa shape index (κ2) is 7.55. The van der Waals surface area contributed by atoms with Crippen molar-refractivity contribution in [1.29, 1.82) is 0 Å². The molecule has 2 aromatic carbocycles. The number of aromatic nitrogens is 4. The Hall–Kier alpha value is -3.94. The van der Waals surface area contributed by atoms with Crippen molar-refractivity contribution >= 4 is 28.6 Å². The standard InChI is InChI=1S/C26H27N7O/c1-15-27-20-12-8-7-11-17(20)23(28-15)30-24-19-14-33(26(2,3)22(19)31-32-24)25(34)29-21-13-18(21)16-9-5-4-6-10-16/h4-12,18,21H,13-14H2,1-3H3,(H,29,34)(H2,27,28,30,31,32)/t18-,21?/m0/s1. The molecule has 4 aromatic rings. The van der Waals surface area contributed by atoms with Crippen LogP contribution in [-0.2, 0) is 12.1 Å². The van der Waals surface area contributed by atoms with Crippen LogP contribution in [0, 0.1) is 6.92 Å². The number of para-hydroxylation sites is 1. The third kappa shape index (κ3) is 3.37. The number of fused-ring (bicyclic) bond motifs is 2. The average molecular weight is 454 g/mol. The zero-order chi connectivity index (χ0) is 23.4. The van der Waals surface area contributed by atoms with Crippen molar-refractivity contribution in [3.63, 3.8) is 0 Å². The molecule has 2 atom stereocenters. The van der Waals surface area contributed by atoms with E-state index >= 15 is 0 Å². The molecule has 0 bridgehead atoms. The van der Waals surface area contributed by atoms with Gasteiger partial charge in [0.2, 0.25) is 0 Å². The van der Waals surface area contributed by atoms with Gasteiger partial charge in [-0.15, -0.1) is 0 Å². The van der Waals surface area contributed by atoms with E-state index in [-0.39, 0.29) is 12.1 Å². The number of benzene rings is 2. The SMILES string of the molecule is Cc1nc(Nc2n[nH]c3c2CN(C(=O)NC2C[C@H]2c2ccccc2)C3(C)C)c2ccccc2n1. The monoisotopic (exact) mass is 453 g/mol. The minimum Gasteiger partial charge on any atom is -0.335 e. The number of aromatic amines is 1. The van der Waals surface area contributed by atoms with E-state index in [2.05, 4.69) is 42.9 Å². The molecular formula is C26H27N7O. The molecule has 3 heterocycles. The zero-order valence-corrected chi connectivity index (χ0v) is 19.5. The minimum absolute atomic E-state index is 0.0488. The molecule has 8 heteroatoms. The van der Waals surface area contributed by atoms with Crippen LogP contribution in [0.3, 0.4) is 0 Å². The largest absolute Gasteiger partial charge is 0.335 e. The molecule has 6 rings (SSSR count). The molecule has 172 valence electrons. The fourth-order valence-electron chi connectivity index (χ4n) is 5.00. The van der Waals surface area contributed by atoms with E-state index in [9.17, 15) is 4.79 Å². The number of rotatable bonds is 4. The lowest BCUT2D eigenvalue weighted by atomic mass is 10.0. The predicted octanol–water partition coefficient (Wildman–Crippen LogP) is 4.72. The van der Waals surface area contributed by atoms with Crippen LogP contribution in [0.25, 0.3) is 10.9 Å². The molecule has 1 unspecified atom stereocenters. The van der Waals surface area contributed by atoms with Crippen molar-refractivity contribution in [1.82, 2.24) is 30.4 Å². The quantitative estimate of drug-likeness (QED) is 0.415.